The van der Waals surface area contributed by atoms with Gasteiger partial charge in [-0.25, -0.2) is 0 Å². The molecule has 0 saturated heterocycles. The molecule has 5 rings (SSSR count). The number of para-hydroxylation sites is 2. The second-order valence-corrected chi connectivity index (χ2v) is 17.0. The maximum absolute atomic E-state index is 12.3. The molecule has 262 valence electrons. The van der Waals surface area contributed by atoms with Crippen LogP contribution in [0.25, 0.3) is 11.1 Å². The first-order valence-corrected chi connectivity index (χ1v) is 18.1. The van der Waals surface area contributed by atoms with Crippen molar-refractivity contribution in [3.63, 3.8) is 0 Å². The fourth-order valence-electron chi connectivity index (χ4n) is 5.82. The summed E-state index contributed by atoms with van der Waals surface area (Å²) in [6, 6.07) is 32.1. The lowest BCUT2D eigenvalue weighted by Crippen LogP contribution is -2.18. The normalized spacial score (nSPS) is 12.3. The molecule has 0 amide bonds. The molecule has 0 saturated carbocycles. The lowest BCUT2D eigenvalue weighted by Gasteiger charge is -2.28. The third-order valence-electron chi connectivity index (χ3n) is 8.74. The van der Waals surface area contributed by atoms with Gasteiger partial charge in [-0.05, 0) is 86.8 Å². The predicted molar refractivity (Wildman–Crippen MR) is 210 cm³/mol. The van der Waals surface area contributed by atoms with Crippen molar-refractivity contribution in [2.24, 2.45) is 0 Å². The summed E-state index contributed by atoms with van der Waals surface area (Å²) in [4.78, 5) is 0. The summed E-state index contributed by atoms with van der Waals surface area (Å²) in [7, 11) is 3.35. The van der Waals surface area contributed by atoms with E-state index < -0.39 is 0 Å². The van der Waals surface area contributed by atoms with Crippen LogP contribution in [0.3, 0.4) is 0 Å². The Bertz CT molecular complexity index is 1860. The summed E-state index contributed by atoms with van der Waals surface area (Å²) in [5.74, 6) is 4.30. The van der Waals surface area contributed by atoms with Crippen molar-refractivity contribution in [2.45, 2.75) is 78.6 Å². The van der Waals surface area contributed by atoms with Gasteiger partial charge < -0.3 is 24.1 Å². The lowest BCUT2D eigenvalue weighted by atomic mass is 9.82. The van der Waals surface area contributed by atoms with Gasteiger partial charge in [0.2, 0.25) is 0 Å². The molecule has 0 heterocycles. The Morgan fingerprint density at radius 1 is 0.500 bits per heavy atom. The fourth-order valence-corrected chi connectivity index (χ4v) is 7.11. The zero-order chi connectivity index (χ0) is 36.4. The van der Waals surface area contributed by atoms with E-state index in [4.69, 9.17) is 18.9 Å². The molecule has 0 aliphatic carbocycles. The van der Waals surface area contributed by atoms with E-state index in [1.807, 2.05) is 66.7 Å². The molecule has 1 unspecified atom stereocenters. The highest BCUT2D eigenvalue weighted by Gasteiger charge is 2.30. The minimum Gasteiger partial charge on any atom is -0.507 e. The molecule has 5 aromatic carbocycles. The van der Waals surface area contributed by atoms with E-state index in [1.54, 1.807) is 14.2 Å². The van der Waals surface area contributed by atoms with Gasteiger partial charge in [0.05, 0.1) is 25.1 Å². The molecule has 50 heavy (non-hydrogen) atoms. The molecule has 6 heteroatoms. The minimum absolute atomic E-state index is 0.0189. The molecule has 0 aliphatic rings. The van der Waals surface area contributed by atoms with E-state index in [0.29, 0.717) is 34.1 Å². The van der Waals surface area contributed by atoms with Crippen LogP contribution in [0.4, 0.5) is 0 Å². The van der Waals surface area contributed by atoms with Crippen LogP contribution >= 0.6 is 8.58 Å². The number of hydrogen-bond donors (Lipinski definition) is 1. The third kappa shape index (κ3) is 8.11. The van der Waals surface area contributed by atoms with Crippen molar-refractivity contribution < 1.29 is 24.1 Å². The van der Waals surface area contributed by atoms with Crippen LogP contribution in [0.1, 0.15) is 79.0 Å². The van der Waals surface area contributed by atoms with Crippen LogP contribution in [0.15, 0.2) is 97.1 Å². The van der Waals surface area contributed by atoms with E-state index in [0.717, 1.165) is 38.8 Å². The second kappa shape index (κ2) is 14.4. The summed E-state index contributed by atoms with van der Waals surface area (Å²) in [5.41, 5.74) is 3.69. The Morgan fingerprint density at radius 2 is 0.920 bits per heavy atom. The molecular weight excluding hydrogens is 639 g/mol. The number of aromatic hydroxyl groups is 1. The van der Waals surface area contributed by atoms with Crippen molar-refractivity contribution in [1.82, 2.24) is 0 Å². The zero-order valence-corrected chi connectivity index (χ0v) is 32.3. The van der Waals surface area contributed by atoms with E-state index in [1.165, 1.54) is 0 Å². The average molecular weight is 691 g/mol. The molecule has 1 atom stereocenters. The van der Waals surface area contributed by atoms with Gasteiger partial charge in [-0.15, -0.1) is 0 Å². The van der Waals surface area contributed by atoms with Gasteiger partial charge >= 0.3 is 0 Å². The number of benzene rings is 5. The molecule has 5 aromatic rings. The Balaban J connectivity index is 1.83. The first kappa shape index (κ1) is 36.8. The molecule has 0 aliphatic heterocycles. The van der Waals surface area contributed by atoms with Crippen molar-refractivity contribution in [1.29, 1.82) is 0 Å². The van der Waals surface area contributed by atoms with E-state index in [2.05, 4.69) is 92.6 Å². The first-order valence-electron chi connectivity index (χ1n) is 17.1. The Labute approximate surface area is 300 Å². The van der Waals surface area contributed by atoms with Gasteiger partial charge in [-0.2, -0.15) is 0 Å². The van der Waals surface area contributed by atoms with Crippen molar-refractivity contribution >= 4 is 19.2 Å². The maximum Gasteiger partial charge on any atom is 0.139 e. The minimum atomic E-state index is -0.330. The molecule has 5 nitrogen and oxygen atoms in total. The quantitative estimate of drug-likeness (QED) is 0.156. The van der Waals surface area contributed by atoms with Crippen LogP contribution in [0.5, 0.6) is 40.2 Å². The van der Waals surface area contributed by atoms with Crippen LogP contribution < -0.4 is 29.6 Å². The van der Waals surface area contributed by atoms with Gasteiger partial charge in [0.1, 0.15) is 40.2 Å². The highest BCUT2D eigenvalue weighted by molar-refractivity contribution is 7.56. The standard InChI is InChI=1S/C44H51O5P/c1-42(2,3)28-24-33(46-10)38(34(25-28)47-11)39-37(23-22-32(40(39)45)44(7,8)9)50-41-35(48-30-18-14-12-15-19-30)26-29(43(4,5)6)27-36(41)49-31-20-16-13-17-21-31/h12-27,45,50H,1-11H3. The number of rotatable bonds is 9. The third-order valence-corrected chi connectivity index (χ3v) is 10.2. The topological polar surface area (TPSA) is 57.2 Å². The second-order valence-electron chi connectivity index (χ2n) is 15.7. The van der Waals surface area contributed by atoms with Gasteiger partial charge in [-0.1, -0.05) is 119 Å². The highest BCUT2D eigenvalue weighted by Crippen LogP contribution is 2.49. The van der Waals surface area contributed by atoms with Crippen molar-refractivity contribution in [3.05, 3.63) is 114 Å². The fraction of sp³-hybridized carbons (Fsp3) is 0.318. The number of ether oxygens (including phenoxy) is 4. The molecule has 0 fully saturated rings. The molecule has 1 N–H and O–H groups in total. The van der Waals surface area contributed by atoms with E-state index >= 15 is 0 Å². The summed E-state index contributed by atoms with van der Waals surface area (Å²) in [6.07, 6.45) is 0. The maximum atomic E-state index is 12.3. The largest absolute Gasteiger partial charge is 0.507 e. The van der Waals surface area contributed by atoms with Crippen LogP contribution in [-0.4, -0.2) is 19.3 Å². The van der Waals surface area contributed by atoms with Gasteiger partial charge in [-0.3, -0.25) is 0 Å². The average Bonchev–Trinajstić information content (AvgIpc) is 3.05. The van der Waals surface area contributed by atoms with Crippen LogP contribution in [0.2, 0.25) is 0 Å². The Kier molecular flexibility index (Phi) is 10.6. The molecule has 0 radical (unpaired) electrons. The monoisotopic (exact) mass is 690 g/mol. The smallest absolute Gasteiger partial charge is 0.139 e. The molecule has 0 aromatic heterocycles. The molecular formula is C44H51O5P. The lowest BCUT2D eigenvalue weighted by molar-refractivity contribution is 0.392. The van der Waals surface area contributed by atoms with E-state index in [-0.39, 0.29) is 30.6 Å². The number of hydrogen-bond acceptors (Lipinski definition) is 5. The SMILES string of the molecule is COc1cc(C(C)(C)C)cc(OC)c1-c1c(Pc2c(Oc3ccccc3)cc(C(C)(C)C)cc2Oc2ccccc2)ccc(C(C)(C)C)c1O. The Morgan fingerprint density at radius 3 is 1.30 bits per heavy atom. The van der Waals surface area contributed by atoms with Crippen LogP contribution in [0, 0.1) is 0 Å². The summed E-state index contributed by atoms with van der Waals surface area (Å²) < 4.78 is 25.6. The van der Waals surface area contributed by atoms with Crippen molar-refractivity contribution in [3.8, 4) is 51.4 Å². The van der Waals surface area contributed by atoms with Gasteiger partial charge in [0, 0.05) is 5.56 Å². The molecule has 0 bridgehead atoms. The summed E-state index contributed by atoms with van der Waals surface area (Å²) >= 11 is 0. The first-order chi connectivity index (χ1) is 23.5. The number of methoxy groups -OCH3 is 2. The summed E-state index contributed by atoms with van der Waals surface area (Å²) in [6.45, 7) is 19.4. The number of phenols is 1. The molecule has 0 spiro atoms. The highest BCUT2D eigenvalue weighted by atomic mass is 31.1. The van der Waals surface area contributed by atoms with Gasteiger partial charge in [0.25, 0.3) is 0 Å². The van der Waals surface area contributed by atoms with E-state index in [9.17, 15) is 5.11 Å². The zero-order valence-electron chi connectivity index (χ0n) is 31.3. The Hall–Kier alpha value is -4.47. The van der Waals surface area contributed by atoms with Gasteiger partial charge in [0.15, 0.2) is 0 Å². The van der Waals surface area contributed by atoms with Crippen molar-refractivity contribution in [2.75, 3.05) is 14.2 Å². The van der Waals surface area contributed by atoms with Crippen LogP contribution in [-0.2, 0) is 16.2 Å². The predicted octanol–water partition coefficient (Wildman–Crippen LogP) is 11.2. The number of phenolic OH excluding ortho intramolecular Hbond substituents is 1. The summed E-state index contributed by atoms with van der Waals surface area (Å²) in [5, 5.41) is 14.1.